The van der Waals surface area contributed by atoms with E-state index < -0.39 is 0 Å². The number of fused-ring (bicyclic) bond motifs is 1. The number of Topliss-reactive ketones (excluding diaryl/α,β-unsaturated/α-hetero) is 1. The van der Waals surface area contributed by atoms with E-state index in [1.807, 2.05) is 12.1 Å². The molecule has 0 aliphatic rings. The first-order valence-corrected chi connectivity index (χ1v) is 12.0. The predicted molar refractivity (Wildman–Crippen MR) is 131 cm³/mol. The fraction of sp³-hybridized carbons (Fsp3) is 0.593. The van der Waals surface area contributed by atoms with Gasteiger partial charge in [0.1, 0.15) is 23.0 Å². The molecule has 0 saturated heterocycles. The molecular weight excluding hydrogens is 404 g/mol. The number of carbonyl (C=O) groups excluding carboxylic acids is 1. The molecule has 0 radical (unpaired) electrons. The van der Waals surface area contributed by atoms with Gasteiger partial charge in [-0.25, -0.2) is 0 Å². The molecule has 0 amide bonds. The second kappa shape index (κ2) is 13.9. The standard InChI is InChI=1S/C27H40O5/c1-6-7-8-9-10-11-12-13-14-15-16-21(28)20-19-24(31-4)25-22(29-2)17-18-23(30-3)26(25)27(20)32-5/h17-19H,6-16H2,1-5H3. The summed E-state index contributed by atoms with van der Waals surface area (Å²) in [4.78, 5) is 13.1. The topological polar surface area (TPSA) is 54.0 Å². The number of hydrogen-bond acceptors (Lipinski definition) is 5. The second-order valence-electron chi connectivity index (χ2n) is 8.23. The minimum atomic E-state index is 0.0616. The molecule has 0 aromatic heterocycles. The van der Waals surface area contributed by atoms with Gasteiger partial charge in [0.15, 0.2) is 5.78 Å². The van der Waals surface area contributed by atoms with Crippen LogP contribution in [-0.2, 0) is 0 Å². The maximum Gasteiger partial charge on any atom is 0.166 e. The average molecular weight is 445 g/mol. The van der Waals surface area contributed by atoms with Gasteiger partial charge in [0.05, 0.1) is 44.8 Å². The first-order chi connectivity index (χ1) is 15.6. The molecule has 0 bridgehead atoms. The Morgan fingerprint density at radius 3 is 1.66 bits per heavy atom. The van der Waals surface area contributed by atoms with Gasteiger partial charge in [-0.1, -0.05) is 64.7 Å². The molecule has 0 unspecified atom stereocenters. The largest absolute Gasteiger partial charge is 0.496 e. The molecule has 0 N–H and O–H groups in total. The van der Waals surface area contributed by atoms with Crippen molar-refractivity contribution < 1.29 is 23.7 Å². The first kappa shape index (κ1) is 25.8. The van der Waals surface area contributed by atoms with Crippen LogP contribution in [0.2, 0.25) is 0 Å². The molecule has 0 spiro atoms. The minimum absolute atomic E-state index is 0.0616. The Morgan fingerprint density at radius 1 is 0.656 bits per heavy atom. The Balaban J connectivity index is 2.07. The molecule has 2 rings (SSSR count). The highest BCUT2D eigenvalue weighted by atomic mass is 16.5. The fourth-order valence-corrected chi connectivity index (χ4v) is 4.27. The number of rotatable bonds is 16. The Bertz CT molecular complexity index is 859. The summed E-state index contributed by atoms with van der Waals surface area (Å²) in [6, 6.07) is 5.41. The van der Waals surface area contributed by atoms with E-state index in [4.69, 9.17) is 18.9 Å². The normalized spacial score (nSPS) is 10.9. The van der Waals surface area contributed by atoms with E-state index in [9.17, 15) is 4.79 Å². The highest BCUT2D eigenvalue weighted by Gasteiger charge is 2.23. The Labute approximate surface area is 193 Å². The summed E-state index contributed by atoms with van der Waals surface area (Å²) in [6.07, 6.45) is 12.9. The zero-order valence-corrected chi connectivity index (χ0v) is 20.6. The molecular formula is C27H40O5. The SMILES string of the molecule is CCCCCCCCCCCCC(=O)c1cc(OC)c2c(OC)ccc(OC)c2c1OC. The maximum atomic E-state index is 13.1. The van der Waals surface area contributed by atoms with Crippen LogP contribution in [0.3, 0.4) is 0 Å². The van der Waals surface area contributed by atoms with E-state index in [0.29, 0.717) is 40.4 Å². The Hall–Kier alpha value is -2.43. The van der Waals surface area contributed by atoms with Crippen molar-refractivity contribution in [2.24, 2.45) is 0 Å². The Morgan fingerprint density at radius 2 is 1.16 bits per heavy atom. The molecule has 2 aromatic rings. The Kier molecular flexibility index (Phi) is 11.2. The van der Waals surface area contributed by atoms with Crippen LogP contribution in [0.5, 0.6) is 23.0 Å². The molecule has 178 valence electrons. The van der Waals surface area contributed by atoms with Crippen LogP contribution in [0.1, 0.15) is 87.9 Å². The lowest BCUT2D eigenvalue weighted by molar-refractivity contribution is 0.0976. The van der Waals surface area contributed by atoms with Gasteiger partial charge in [0.2, 0.25) is 0 Å². The number of ketones is 1. The molecule has 5 nitrogen and oxygen atoms in total. The molecule has 0 atom stereocenters. The van der Waals surface area contributed by atoms with Crippen LogP contribution in [-0.4, -0.2) is 34.2 Å². The van der Waals surface area contributed by atoms with Gasteiger partial charge in [-0.05, 0) is 24.6 Å². The summed E-state index contributed by atoms with van der Waals surface area (Å²) in [5.41, 5.74) is 0.527. The summed E-state index contributed by atoms with van der Waals surface area (Å²) in [6.45, 7) is 2.25. The average Bonchev–Trinajstić information content (AvgIpc) is 2.83. The molecule has 5 heteroatoms. The van der Waals surface area contributed by atoms with Crippen molar-refractivity contribution in [3.63, 3.8) is 0 Å². The summed E-state index contributed by atoms with van der Waals surface area (Å²) in [5.74, 6) is 2.40. The zero-order valence-electron chi connectivity index (χ0n) is 20.6. The lowest BCUT2D eigenvalue weighted by Gasteiger charge is -2.18. The van der Waals surface area contributed by atoms with Crippen molar-refractivity contribution in [1.82, 2.24) is 0 Å². The smallest absolute Gasteiger partial charge is 0.166 e. The third-order valence-corrected chi connectivity index (χ3v) is 6.04. The van der Waals surface area contributed by atoms with Crippen molar-refractivity contribution in [2.75, 3.05) is 28.4 Å². The maximum absolute atomic E-state index is 13.1. The number of hydrogen-bond donors (Lipinski definition) is 0. The van der Waals surface area contributed by atoms with Crippen molar-refractivity contribution in [2.45, 2.75) is 77.6 Å². The molecule has 0 saturated carbocycles. The molecule has 0 heterocycles. The summed E-state index contributed by atoms with van der Waals surface area (Å²) in [5, 5.41) is 1.43. The minimum Gasteiger partial charge on any atom is -0.496 e. The third-order valence-electron chi connectivity index (χ3n) is 6.04. The van der Waals surface area contributed by atoms with Crippen LogP contribution in [0.4, 0.5) is 0 Å². The molecule has 32 heavy (non-hydrogen) atoms. The van der Waals surface area contributed by atoms with Crippen LogP contribution < -0.4 is 18.9 Å². The van der Waals surface area contributed by atoms with E-state index in [1.165, 1.54) is 51.4 Å². The zero-order chi connectivity index (χ0) is 23.3. The van der Waals surface area contributed by atoms with E-state index in [2.05, 4.69) is 6.92 Å². The van der Waals surface area contributed by atoms with Crippen LogP contribution in [0.15, 0.2) is 18.2 Å². The number of carbonyl (C=O) groups is 1. The van der Waals surface area contributed by atoms with Crippen molar-refractivity contribution in [3.8, 4) is 23.0 Å². The summed E-state index contributed by atoms with van der Waals surface area (Å²) >= 11 is 0. The molecule has 0 fully saturated rings. The lowest BCUT2D eigenvalue weighted by atomic mass is 9.97. The molecule has 0 aliphatic carbocycles. The van der Waals surface area contributed by atoms with Gasteiger partial charge in [-0.2, -0.15) is 0 Å². The van der Waals surface area contributed by atoms with Gasteiger partial charge in [-0.3, -0.25) is 4.79 Å². The lowest BCUT2D eigenvalue weighted by Crippen LogP contribution is -2.05. The predicted octanol–water partition coefficient (Wildman–Crippen LogP) is 7.37. The number of unbranched alkanes of at least 4 members (excludes halogenated alkanes) is 9. The van der Waals surface area contributed by atoms with Crippen molar-refractivity contribution in [1.29, 1.82) is 0 Å². The quantitative estimate of drug-likeness (QED) is 0.200. The highest BCUT2D eigenvalue weighted by molar-refractivity contribution is 6.10. The van der Waals surface area contributed by atoms with Crippen molar-refractivity contribution in [3.05, 3.63) is 23.8 Å². The number of methoxy groups -OCH3 is 4. The monoisotopic (exact) mass is 444 g/mol. The van der Waals surface area contributed by atoms with Crippen molar-refractivity contribution >= 4 is 16.6 Å². The van der Waals surface area contributed by atoms with Gasteiger partial charge < -0.3 is 18.9 Å². The third kappa shape index (κ3) is 6.54. The fourth-order valence-electron chi connectivity index (χ4n) is 4.27. The van der Waals surface area contributed by atoms with Gasteiger partial charge in [0.25, 0.3) is 0 Å². The van der Waals surface area contributed by atoms with E-state index in [-0.39, 0.29) is 5.78 Å². The van der Waals surface area contributed by atoms with Gasteiger partial charge in [-0.15, -0.1) is 0 Å². The second-order valence-corrected chi connectivity index (χ2v) is 8.23. The van der Waals surface area contributed by atoms with E-state index in [0.717, 1.165) is 18.2 Å². The highest BCUT2D eigenvalue weighted by Crippen LogP contribution is 2.46. The molecule has 2 aromatic carbocycles. The summed E-state index contributed by atoms with van der Waals surface area (Å²) < 4.78 is 22.4. The van der Waals surface area contributed by atoms with Gasteiger partial charge in [0, 0.05) is 6.42 Å². The van der Waals surface area contributed by atoms with E-state index >= 15 is 0 Å². The van der Waals surface area contributed by atoms with Crippen LogP contribution in [0, 0.1) is 0 Å². The van der Waals surface area contributed by atoms with Crippen LogP contribution in [0.25, 0.3) is 10.8 Å². The summed E-state index contributed by atoms with van der Waals surface area (Å²) in [7, 11) is 6.39. The van der Waals surface area contributed by atoms with E-state index in [1.54, 1.807) is 34.5 Å². The van der Waals surface area contributed by atoms with Crippen LogP contribution >= 0.6 is 0 Å². The molecule has 0 aliphatic heterocycles. The van der Waals surface area contributed by atoms with Gasteiger partial charge >= 0.3 is 0 Å². The first-order valence-electron chi connectivity index (χ1n) is 12.0. The number of ether oxygens (including phenoxy) is 4. The number of benzene rings is 2.